The second-order valence-corrected chi connectivity index (χ2v) is 3.95. The number of esters is 1. The number of nitrogens with one attached hydrogen (secondary N) is 1. The Morgan fingerprint density at radius 1 is 1.64 bits per heavy atom. The van der Waals surface area contributed by atoms with Gasteiger partial charge in [0.25, 0.3) is 0 Å². The van der Waals surface area contributed by atoms with Gasteiger partial charge in [0.05, 0.1) is 13.2 Å². The van der Waals surface area contributed by atoms with Crippen molar-refractivity contribution in [3.63, 3.8) is 0 Å². The lowest BCUT2D eigenvalue weighted by Gasteiger charge is -2.13. The number of piperidine rings is 1. The third kappa shape index (κ3) is 1.74. The molecule has 1 heterocycles. The zero-order valence-corrected chi connectivity index (χ0v) is 8.97. The van der Waals surface area contributed by atoms with Gasteiger partial charge in [-0.2, -0.15) is 0 Å². The molecule has 1 saturated heterocycles. The summed E-state index contributed by atoms with van der Waals surface area (Å²) in [5.74, 6) is -0.178. The number of halogens is 1. The summed E-state index contributed by atoms with van der Waals surface area (Å²) in [5.41, 5.74) is -0.00255. The first-order valence-corrected chi connectivity index (χ1v) is 4.75. The molecule has 0 spiro atoms. The number of carbonyl (C=O) groups is 1. The van der Waals surface area contributed by atoms with Crippen molar-refractivity contribution in [1.29, 1.82) is 0 Å². The SMILES string of the molecule is CCOC(=O)[C@@H]1C[C@]2(CO)C[C@@H]2N1.Cl. The van der Waals surface area contributed by atoms with E-state index in [1.54, 1.807) is 6.92 Å². The zero-order chi connectivity index (χ0) is 9.47. The average molecular weight is 222 g/mol. The number of ether oxygens (including phenoxy) is 1. The van der Waals surface area contributed by atoms with Gasteiger partial charge in [0.2, 0.25) is 0 Å². The second kappa shape index (κ2) is 4.04. The topological polar surface area (TPSA) is 58.6 Å². The van der Waals surface area contributed by atoms with Crippen LogP contribution in [0.2, 0.25) is 0 Å². The van der Waals surface area contributed by atoms with E-state index >= 15 is 0 Å². The Bertz CT molecular complexity index is 232. The number of carbonyl (C=O) groups excluding carboxylic acids is 1. The van der Waals surface area contributed by atoms with Crippen LogP contribution in [0.5, 0.6) is 0 Å². The molecule has 0 bridgehead atoms. The number of aliphatic hydroxyl groups is 1. The highest BCUT2D eigenvalue weighted by Crippen LogP contribution is 2.54. The summed E-state index contributed by atoms with van der Waals surface area (Å²) >= 11 is 0. The fraction of sp³-hybridized carbons (Fsp3) is 0.889. The summed E-state index contributed by atoms with van der Waals surface area (Å²) in [7, 11) is 0. The smallest absolute Gasteiger partial charge is 0.323 e. The van der Waals surface area contributed by atoms with E-state index in [0.29, 0.717) is 12.6 Å². The Labute approximate surface area is 89.4 Å². The molecule has 0 unspecified atom stereocenters. The largest absolute Gasteiger partial charge is 0.465 e. The molecule has 2 aliphatic rings. The molecule has 2 rings (SSSR count). The molecule has 0 radical (unpaired) electrons. The van der Waals surface area contributed by atoms with E-state index in [-0.39, 0.29) is 36.4 Å². The van der Waals surface area contributed by atoms with Crippen LogP contribution in [-0.4, -0.2) is 36.4 Å². The van der Waals surface area contributed by atoms with Gasteiger partial charge in [-0.3, -0.25) is 4.79 Å². The molecule has 0 amide bonds. The maximum absolute atomic E-state index is 11.3. The Morgan fingerprint density at radius 2 is 2.36 bits per heavy atom. The van der Waals surface area contributed by atoms with Crippen LogP contribution < -0.4 is 5.32 Å². The van der Waals surface area contributed by atoms with Crippen LogP contribution in [0.25, 0.3) is 0 Å². The van der Waals surface area contributed by atoms with Crippen molar-refractivity contribution in [2.75, 3.05) is 13.2 Å². The quantitative estimate of drug-likeness (QED) is 0.663. The lowest BCUT2D eigenvalue weighted by atomic mass is 10.0. The first kappa shape index (κ1) is 11.8. The highest BCUT2D eigenvalue weighted by molar-refractivity contribution is 5.85. The predicted octanol–water partition coefficient (Wildman–Crippen LogP) is 0.0842. The molecular weight excluding hydrogens is 206 g/mol. The van der Waals surface area contributed by atoms with Gasteiger partial charge in [-0.05, 0) is 19.8 Å². The first-order valence-electron chi connectivity index (χ1n) is 4.75. The highest BCUT2D eigenvalue weighted by Gasteiger charge is 2.61. The van der Waals surface area contributed by atoms with Gasteiger partial charge in [-0.15, -0.1) is 12.4 Å². The fourth-order valence-electron chi connectivity index (χ4n) is 2.15. The van der Waals surface area contributed by atoms with E-state index in [0.717, 1.165) is 12.8 Å². The molecule has 2 N–H and O–H groups in total. The molecule has 5 heteroatoms. The molecule has 1 saturated carbocycles. The van der Waals surface area contributed by atoms with Crippen LogP contribution in [-0.2, 0) is 9.53 Å². The first-order chi connectivity index (χ1) is 6.22. The van der Waals surface area contributed by atoms with Crippen LogP contribution in [0.3, 0.4) is 0 Å². The third-order valence-electron chi connectivity index (χ3n) is 3.09. The molecule has 4 nitrogen and oxygen atoms in total. The maximum Gasteiger partial charge on any atom is 0.323 e. The average Bonchev–Trinajstić information content (AvgIpc) is 2.70. The molecule has 0 aromatic heterocycles. The van der Waals surface area contributed by atoms with Crippen LogP contribution in [0, 0.1) is 5.41 Å². The lowest BCUT2D eigenvalue weighted by Crippen LogP contribution is -2.35. The standard InChI is InChI=1S/C9H15NO3.ClH/c1-2-13-8(12)6-3-9(5-11)4-7(9)10-6;/h6-7,10-11H,2-5H2,1H3;1H/t6-,7-,9+;/m0./s1. The van der Waals surface area contributed by atoms with E-state index in [4.69, 9.17) is 9.84 Å². The highest BCUT2D eigenvalue weighted by atomic mass is 35.5. The predicted molar refractivity (Wildman–Crippen MR) is 53.3 cm³/mol. The fourth-order valence-corrected chi connectivity index (χ4v) is 2.15. The van der Waals surface area contributed by atoms with E-state index in [9.17, 15) is 4.79 Å². The van der Waals surface area contributed by atoms with Crippen molar-refractivity contribution < 1.29 is 14.6 Å². The minimum absolute atomic E-state index is 0. The van der Waals surface area contributed by atoms with Gasteiger partial charge in [0.1, 0.15) is 6.04 Å². The van der Waals surface area contributed by atoms with Gasteiger partial charge in [-0.25, -0.2) is 0 Å². The minimum atomic E-state index is -0.189. The van der Waals surface area contributed by atoms with Crippen molar-refractivity contribution in [3.05, 3.63) is 0 Å². The molecule has 82 valence electrons. The van der Waals surface area contributed by atoms with Crippen molar-refractivity contribution >= 4 is 18.4 Å². The summed E-state index contributed by atoms with van der Waals surface area (Å²) in [5, 5.41) is 12.3. The molecule has 2 fully saturated rings. The summed E-state index contributed by atoms with van der Waals surface area (Å²) < 4.78 is 4.90. The number of fused-ring (bicyclic) bond motifs is 1. The van der Waals surface area contributed by atoms with Crippen molar-refractivity contribution in [2.24, 2.45) is 5.41 Å². The molecule has 0 aromatic carbocycles. The number of hydrogen-bond acceptors (Lipinski definition) is 4. The van der Waals surface area contributed by atoms with Crippen LogP contribution in [0.4, 0.5) is 0 Å². The normalized spacial score (nSPS) is 38.4. The number of aliphatic hydroxyl groups excluding tert-OH is 1. The summed E-state index contributed by atoms with van der Waals surface area (Å²) in [4.78, 5) is 11.3. The van der Waals surface area contributed by atoms with E-state index in [1.807, 2.05) is 0 Å². The molecule has 1 aliphatic heterocycles. The van der Waals surface area contributed by atoms with Gasteiger partial charge < -0.3 is 15.2 Å². The maximum atomic E-state index is 11.3. The van der Waals surface area contributed by atoms with Gasteiger partial charge in [-0.1, -0.05) is 0 Å². The lowest BCUT2D eigenvalue weighted by molar-refractivity contribution is -0.145. The van der Waals surface area contributed by atoms with Crippen molar-refractivity contribution in [1.82, 2.24) is 5.32 Å². The molecule has 1 aliphatic carbocycles. The second-order valence-electron chi connectivity index (χ2n) is 3.95. The van der Waals surface area contributed by atoms with Crippen LogP contribution in [0.1, 0.15) is 19.8 Å². The number of rotatable bonds is 3. The summed E-state index contributed by atoms with van der Waals surface area (Å²) in [6.07, 6.45) is 1.73. The van der Waals surface area contributed by atoms with E-state index in [1.165, 1.54) is 0 Å². The number of hydrogen-bond donors (Lipinski definition) is 2. The van der Waals surface area contributed by atoms with Crippen LogP contribution in [0.15, 0.2) is 0 Å². The Balaban J connectivity index is 0.000000980. The Hall–Kier alpha value is -0.320. The van der Waals surface area contributed by atoms with Crippen molar-refractivity contribution in [3.8, 4) is 0 Å². The molecule has 3 atom stereocenters. The zero-order valence-electron chi connectivity index (χ0n) is 8.16. The minimum Gasteiger partial charge on any atom is -0.465 e. The van der Waals surface area contributed by atoms with Gasteiger partial charge in [0, 0.05) is 11.5 Å². The Kier molecular flexibility index (Phi) is 3.40. The van der Waals surface area contributed by atoms with E-state index in [2.05, 4.69) is 5.32 Å². The molecule has 0 aromatic rings. The van der Waals surface area contributed by atoms with E-state index < -0.39 is 0 Å². The Morgan fingerprint density at radius 3 is 2.86 bits per heavy atom. The monoisotopic (exact) mass is 221 g/mol. The molecule has 14 heavy (non-hydrogen) atoms. The van der Waals surface area contributed by atoms with Gasteiger partial charge >= 0.3 is 5.97 Å². The summed E-state index contributed by atoms with van der Waals surface area (Å²) in [6.45, 7) is 2.41. The van der Waals surface area contributed by atoms with Crippen molar-refractivity contribution in [2.45, 2.75) is 31.8 Å². The summed E-state index contributed by atoms with van der Waals surface area (Å²) in [6, 6.07) is 0.151. The third-order valence-corrected chi connectivity index (χ3v) is 3.09. The molecular formula is C9H16ClNO3. The van der Waals surface area contributed by atoms with Crippen LogP contribution >= 0.6 is 12.4 Å². The van der Waals surface area contributed by atoms with Gasteiger partial charge in [0.15, 0.2) is 0 Å².